The van der Waals surface area contributed by atoms with Crippen LogP contribution in [0.15, 0.2) is 24.3 Å². The largest absolute Gasteiger partial charge is 0.491 e. The molecular weight excluding hydrogens is 434 g/mol. The molecule has 164 valence electrons. The molecule has 0 unspecified atom stereocenters. The number of unbranched alkanes of at least 4 members (excludes halogenated alkanes) is 7. The van der Waals surface area contributed by atoms with Crippen molar-refractivity contribution in [2.75, 3.05) is 17.1 Å². The molecule has 0 radical (unpaired) electrons. The fourth-order valence-corrected chi connectivity index (χ4v) is 3.49. The Morgan fingerprint density at radius 2 is 1.55 bits per heavy atom. The monoisotopic (exact) mass is 469 g/mol. The number of rotatable bonds is 16. The van der Waals surface area contributed by atoms with Crippen molar-refractivity contribution in [3.05, 3.63) is 24.3 Å². The molecule has 0 heterocycles. The Morgan fingerprint density at radius 1 is 0.897 bits per heavy atom. The van der Waals surface area contributed by atoms with Gasteiger partial charge in [-0.15, -0.1) is 0 Å². The zero-order chi connectivity index (χ0) is 21.3. The third-order valence-corrected chi connectivity index (χ3v) is 5.41. The third-order valence-electron chi connectivity index (χ3n) is 4.63. The van der Waals surface area contributed by atoms with Crippen molar-refractivity contribution >= 4 is 33.7 Å². The van der Waals surface area contributed by atoms with E-state index in [9.17, 15) is 9.59 Å². The van der Waals surface area contributed by atoms with Crippen LogP contribution >= 0.6 is 16.1 Å². The maximum absolute atomic E-state index is 12.5. The highest BCUT2D eigenvalue weighted by Gasteiger charge is 2.16. The Kier molecular flexibility index (Phi) is 14.3. The van der Waals surface area contributed by atoms with Crippen molar-refractivity contribution in [2.24, 2.45) is 0 Å². The van der Waals surface area contributed by atoms with Crippen LogP contribution in [0, 0.1) is 0 Å². The molecule has 0 N–H and O–H groups in total. The van der Waals surface area contributed by atoms with Crippen LogP contribution in [0.5, 0.6) is 5.75 Å². The molecule has 6 heteroatoms. The van der Waals surface area contributed by atoms with Crippen LogP contribution in [0.4, 0.5) is 5.69 Å². The Hall–Kier alpha value is -1.56. The van der Waals surface area contributed by atoms with E-state index in [-0.39, 0.29) is 11.9 Å². The molecule has 0 atom stereocenters. The van der Waals surface area contributed by atoms with Gasteiger partial charge in [0.15, 0.2) is 0 Å². The van der Waals surface area contributed by atoms with Crippen LogP contribution < -0.4 is 8.66 Å². The lowest BCUT2D eigenvalue weighted by Gasteiger charge is -2.18. The normalized spacial score (nSPS) is 10.6. The highest BCUT2D eigenvalue weighted by molar-refractivity contribution is 9.10. The van der Waals surface area contributed by atoms with Gasteiger partial charge >= 0.3 is 5.97 Å². The number of halogens is 1. The number of hydrogen-bond donors (Lipinski definition) is 0. The number of hydrogen-bond acceptors (Lipinski definition) is 4. The molecule has 0 saturated carbocycles. The number of carbonyl (C=O) groups excluding carboxylic acids is 2. The minimum absolute atomic E-state index is 0.0264. The van der Waals surface area contributed by atoms with Crippen molar-refractivity contribution in [2.45, 2.75) is 84.5 Å². The highest BCUT2D eigenvalue weighted by atomic mass is 79.9. The van der Waals surface area contributed by atoms with E-state index in [0.29, 0.717) is 43.9 Å². The quantitative estimate of drug-likeness (QED) is 0.156. The summed E-state index contributed by atoms with van der Waals surface area (Å²) in [4.78, 5) is 23.9. The summed E-state index contributed by atoms with van der Waals surface area (Å²) in [5, 5.41) is 0. The number of carbonyl (C=O) groups is 2. The van der Waals surface area contributed by atoms with Gasteiger partial charge in [-0.3, -0.25) is 9.59 Å². The van der Waals surface area contributed by atoms with Crippen molar-refractivity contribution in [3.63, 3.8) is 0 Å². The van der Waals surface area contributed by atoms with Crippen LogP contribution in [0.1, 0.15) is 84.5 Å². The van der Waals surface area contributed by atoms with E-state index in [1.807, 2.05) is 24.3 Å². The first kappa shape index (κ1) is 25.5. The molecule has 1 amide bonds. The van der Waals surface area contributed by atoms with Gasteiger partial charge in [-0.1, -0.05) is 64.0 Å². The molecule has 1 aromatic carbocycles. The number of benzene rings is 1. The van der Waals surface area contributed by atoms with Crippen molar-refractivity contribution < 1.29 is 19.1 Å². The summed E-state index contributed by atoms with van der Waals surface area (Å²) in [7, 11) is 0. The van der Waals surface area contributed by atoms with Crippen LogP contribution in [-0.2, 0) is 14.3 Å². The van der Waals surface area contributed by atoms with Gasteiger partial charge in [0, 0.05) is 12.8 Å². The maximum Gasteiger partial charge on any atom is 0.305 e. The van der Waals surface area contributed by atoms with Gasteiger partial charge in [-0.2, -0.15) is 0 Å². The Balaban J connectivity index is 2.36. The Morgan fingerprint density at radius 3 is 2.24 bits per heavy atom. The topological polar surface area (TPSA) is 55.8 Å². The van der Waals surface area contributed by atoms with Crippen LogP contribution in [-0.4, -0.2) is 25.1 Å². The summed E-state index contributed by atoms with van der Waals surface area (Å²) in [6.45, 7) is 4.80. The fourth-order valence-electron chi connectivity index (χ4n) is 3.02. The first-order valence-electron chi connectivity index (χ1n) is 11.0. The average molecular weight is 470 g/mol. The lowest BCUT2D eigenvalue weighted by Crippen LogP contribution is -2.20. The Bertz CT molecular complexity index is 594. The number of esters is 1. The van der Waals surface area contributed by atoms with Gasteiger partial charge < -0.3 is 9.47 Å². The SMILES string of the molecule is CCCCCCCCCCC(=O)N(Br)c1ccccc1OCCCC(=O)OCC. The molecule has 0 aliphatic rings. The lowest BCUT2D eigenvalue weighted by atomic mass is 10.1. The first-order chi connectivity index (χ1) is 14.1. The van der Waals surface area contributed by atoms with Crippen molar-refractivity contribution in [3.8, 4) is 5.75 Å². The predicted molar refractivity (Wildman–Crippen MR) is 121 cm³/mol. The van der Waals surface area contributed by atoms with E-state index in [2.05, 4.69) is 23.1 Å². The highest BCUT2D eigenvalue weighted by Crippen LogP contribution is 2.31. The van der Waals surface area contributed by atoms with Gasteiger partial charge in [-0.25, -0.2) is 3.93 Å². The van der Waals surface area contributed by atoms with Crippen molar-refractivity contribution in [1.29, 1.82) is 0 Å². The van der Waals surface area contributed by atoms with Gasteiger partial charge in [-0.05, 0) is 31.9 Å². The maximum atomic E-state index is 12.5. The molecule has 29 heavy (non-hydrogen) atoms. The molecular formula is C23H36BrNO4. The van der Waals surface area contributed by atoms with Crippen LogP contribution in [0.2, 0.25) is 0 Å². The standard InChI is InChI=1S/C23H36BrNO4/c1-3-5-6-7-8-9-10-11-17-22(26)25(24)20-15-12-13-16-21(20)29-19-14-18-23(27)28-4-2/h12-13,15-16H,3-11,14,17-19H2,1-2H3. The molecule has 5 nitrogen and oxygen atoms in total. The van der Waals surface area contributed by atoms with Gasteiger partial charge in [0.2, 0.25) is 5.91 Å². The predicted octanol–water partition coefficient (Wildman–Crippen LogP) is 6.58. The second-order valence-electron chi connectivity index (χ2n) is 7.12. The third kappa shape index (κ3) is 11.3. The molecule has 0 bridgehead atoms. The van der Waals surface area contributed by atoms with Crippen LogP contribution in [0.3, 0.4) is 0 Å². The van der Waals surface area contributed by atoms with Gasteiger partial charge in [0.25, 0.3) is 0 Å². The zero-order valence-corrected chi connectivity index (χ0v) is 19.5. The number of nitrogens with zero attached hydrogens (tertiary/aromatic N) is 1. The number of ether oxygens (including phenoxy) is 2. The minimum atomic E-state index is -0.216. The first-order valence-corrected chi connectivity index (χ1v) is 11.7. The zero-order valence-electron chi connectivity index (χ0n) is 18.0. The van der Waals surface area contributed by atoms with Gasteiger partial charge in [0.05, 0.1) is 35.0 Å². The minimum Gasteiger partial charge on any atom is -0.491 e. The van der Waals surface area contributed by atoms with E-state index in [1.54, 1.807) is 6.92 Å². The second-order valence-corrected chi connectivity index (χ2v) is 7.83. The molecule has 0 saturated heterocycles. The average Bonchev–Trinajstić information content (AvgIpc) is 2.73. The molecule has 0 spiro atoms. The van der Waals surface area contributed by atoms with E-state index in [4.69, 9.17) is 9.47 Å². The molecule has 0 aromatic heterocycles. The number of anilines is 1. The summed E-state index contributed by atoms with van der Waals surface area (Å²) in [6.07, 6.45) is 11.1. The van der Waals surface area contributed by atoms with E-state index in [1.165, 1.54) is 42.5 Å². The van der Waals surface area contributed by atoms with E-state index >= 15 is 0 Å². The van der Waals surface area contributed by atoms with E-state index < -0.39 is 0 Å². The van der Waals surface area contributed by atoms with E-state index in [0.717, 1.165) is 12.8 Å². The Labute approximate surface area is 184 Å². The number of para-hydroxylation sites is 2. The molecule has 0 aliphatic carbocycles. The fraction of sp³-hybridized carbons (Fsp3) is 0.652. The smallest absolute Gasteiger partial charge is 0.305 e. The van der Waals surface area contributed by atoms with Crippen molar-refractivity contribution in [1.82, 2.24) is 0 Å². The summed E-state index contributed by atoms with van der Waals surface area (Å²) in [6, 6.07) is 7.42. The van der Waals surface area contributed by atoms with Crippen LogP contribution in [0.25, 0.3) is 0 Å². The summed E-state index contributed by atoms with van der Waals surface area (Å²) in [5.74, 6) is 0.433. The molecule has 1 rings (SSSR count). The summed E-state index contributed by atoms with van der Waals surface area (Å²) in [5.41, 5.74) is 0.688. The molecule has 0 aliphatic heterocycles. The number of amides is 1. The molecule has 0 fully saturated rings. The van der Waals surface area contributed by atoms with Gasteiger partial charge in [0.1, 0.15) is 5.75 Å². The summed E-state index contributed by atoms with van der Waals surface area (Å²) < 4.78 is 12.2. The lowest BCUT2D eigenvalue weighted by molar-refractivity contribution is -0.143. The summed E-state index contributed by atoms with van der Waals surface area (Å²) >= 11 is 3.40. The second kappa shape index (κ2) is 16.3. The molecule has 1 aromatic rings.